The third-order valence-corrected chi connectivity index (χ3v) is 4.54. The third kappa shape index (κ3) is 3.99. The van der Waals surface area contributed by atoms with Crippen molar-refractivity contribution in [2.45, 2.75) is 0 Å². The van der Waals surface area contributed by atoms with Crippen LogP contribution in [-0.4, -0.2) is 24.2 Å². The molecular weight excluding hydrogens is 362 g/mol. The number of hydrogen-bond acceptors (Lipinski definition) is 4. The molecule has 5 heteroatoms. The third-order valence-electron chi connectivity index (χ3n) is 4.54. The van der Waals surface area contributed by atoms with Gasteiger partial charge in [0.25, 0.3) is 5.91 Å². The zero-order valence-electron chi connectivity index (χ0n) is 15.9. The van der Waals surface area contributed by atoms with Crippen molar-refractivity contribution in [3.63, 3.8) is 0 Å². The number of carbonyl (C=O) groups excluding carboxylic acids is 1. The number of aromatic nitrogens is 1. The lowest BCUT2D eigenvalue weighted by atomic mass is 10.0. The van der Waals surface area contributed by atoms with Crippen molar-refractivity contribution < 1.29 is 9.53 Å². The number of nitrogens with one attached hydrogen (secondary N) is 1. The molecule has 5 nitrogen and oxygen atoms in total. The number of rotatable bonds is 5. The smallest absolute Gasteiger partial charge is 0.272 e. The first-order valence-electron chi connectivity index (χ1n) is 9.18. The Morgan fingerprint density at radius 3 is 2.52 bits per heavy atom. The van der Waals surface area contributed by atoms with Gasteiger partial charge in [-0.05, 0) is 24.3 Å². The van der Waals surface area contributed by atoms with Gasteiger partial charge in [0, 0.05) is 16.5 Å². The molecule has 4 rings (SSSR count). The summed E-state index contributed by atoms with van der Waals surface area (Å²) in [6.07, 6.45) is 1.57. The van der Waals surface area contributed by atoms with Crippen LogP contribution in [0.25, 0.3) is 22.2 Å². The maximum Gasteiger partial charge on any atom is 0.272 e. The fourth-order valence-electron chi connectivity index (χ4n) is 3.11. The van der Waals surface area contributed by atoms with Crippen LogP contribution >= 0.6 is 0 Å². The summed E-state index contributed by atoms with van der Waals surface area (Å²) in [5.41, 5.74) is 6.36. The van der Waals surface area contributed by atoms with Gasteiger partial charge in [0.2, 0.25) is 0 Å². The Morgan fingerprint density at radius 1 is 0.966 bits per heavy atom. The van der Waals surface area contributed by atoms with Crippen molar-refractivity contribution in [3.8, 4) is 17.0 Å². The lowest BCUT2D eigenvalue weighted by Gasteiger charge is -2.09. The molecule has 1 aromatic heterocycles. The second kappa shape index (κ2) is 8.35. The van der Waals surface area contributed by atoms with Crippen molar-refractivity contribution in [2.24, 2.45) is 5.10 Å². The summed E-state index contributed by atoms with van der Waals surface area (Å²) in [5, 5.41) is 4.89. The summed E-state index contributed by atoms with van der Waals surface area (Å²) < 4.78 is 5.30. The van der Waals surface area contributed by atoms with E-state index in [1.807, 2.05) is 78.9 Å². The molecule has 0 radical (unpaired) electrons. The van der Waals surface area contributed by atoms with Crippen LogP contribution in [0.3, 0.4) is 0 Å². The van der Waals surface area contributed by atoms with Crippen molar-refractivity contribution in [3.05, 3.63) is 96.1 Å². The van der Waals surface area contributed by atoms with E-state index in [-0.39, 0.29) is 5.91 Å². The van der Waals surface area contributed by atoms with Crippen LogP contribution in [0.2, 0.25) is 0 Å². The Labute approximate surface area is 168 Å². The molecule has 0 fully saturated rings. The average Bonchev–Trinajstić information content (AvgIpc) is 2.79. The van der Waals surface area contributed by atoms with Gasteiger partial charge in [-0.25, -0.2) is 10.4 Å². The van der Waals surface area contributed by atoms with E-state index in [1.54, 1.807) is 19.4 Å². The highest BCUT2D eigenvalue weighted by Gasteiger charge is 2.13. The molecule has 1 amide bonds. The summed E-state index contributed by atoms with van der Waals surface area (Å²) in [7, 11) is 1.60. The number of nitrogens with zero attached hydrogens (tertiary/aromatic N) is 2. The number of para-hydroxylation sites is 2. The minimum atomic E-state index is -0.299. The standard InChI is InChI=1S/C24H19N3O2/c1-29-23-14-8-5-11-18(23)16-25-27-24(28)20-15-22(17-9-3-2-4-10-17)26-21-13-7-6-12-19(20)21/h2-16H,1H3,(H,27,28)/b25-16-. The highest BCUT2D eigenvalue weighted by atomic mass is 16.5. The number of pyridine rings is 1. The molecule has 0 spiro atoms. The summed E-state index contributed by atoms with van der Waals surface area (Å²) in [4.78, 5) is 17.6. The van der Waals surface area contributed by atoms with Gasteiger partial charge >= 0.3 is 0 Å². The SMILES string of the molecule is COc1ccccc1/C=N\NC(=O)c1cc(-c2ccccc2)nc2ccccc12. The van der Waals surface area contributed by atoms with E-state index in [4.69, 9.17) is 9.72 Å². The Balaban J connectivity index is 1.67. The molecule has 1 heterocycles. The van der Waals surface area contributed by atoms with Gasteiger partial charge in [-0.1, -0.05) is 60.7 Å². The van der Waals surface area contributed by atoms with Crippen molar-refractivity contribution in [2.75, 3.05) is 7.11 Å². The summed E-state index contributed by atoms with van der Waals surface area (Å²) in [6, 6.07) is 26.6. The fraction of sp³-hybridized carbons (Fsp3) is 0.0417. The second-order valence-corrected chi connectivity index (χ2v) is 6.38. The molecule has 0 atom stereocenters. The van der Waals surface area contributed by atoms with E-state index in [9.17, 15) is 4.79 Å². The van der Waals surface area contributed by atoms with Crippen LogP contribution in [0.1, 0.15) is 15.9 Å². The predicted molar refractivity (Wildman–Crippen MR) is 115 cm³/mol. The number of carbonyl (C=O) groups is 1. The molecule has 0 saturated carbocycles. The molecule has 0 aliphatic heterocycles. The molecule has 0 saturated heterocycles. The van der Waals surface area contributed by atoms with Crippen LogP contribution < -0.4 is 10.2 Å². The fourth-order valence-corrected chi connectivity index (χ4v) is 3.11. The topological polar surface area (TPSA) is 63.6 Å². The van der Waals surface area contributed by atoms with Gasteiger partial charge in [-0.3, -0.25) is 4.79 Å². The lowest BCUT2D eigenvalue weighted by Crippen LogP contribution is -2.18. The highest BCUT2D eigenvalue weighted by molar-refractivity contribution is 6.07. The zero-order chi connectivity index (χ0) is 20.1. The number of methoxy groups -OCH3 is 1. The predicted octanol–water partition coefficient (Wildman–Crippen LogP) is 4.67. The number of ether oxygens (including phenoxy) is 1. The molecule has 3 aromatic carbocycles. The molecule has 0 aliphatic rings. The highest BCUT2D eigenvalue weighted by Crippen LogP contribution is 2.24. The first kappa shape index (κ1) is 18.4. The van der Waals surface area contributed by atoms with Crippen molar-refractivity contribution in [1.29, 1.82) is 0 Å². The van der Waals surface area contributed by atoms with Gasteiger partial charge < -0.3 is 4.74 Å². The van der Waals surface area contributed by atoms with Crippen LogP contribution in [-0.2, 0) is 0 Å². The molecule has 142 valence electrons. The first-order chi connectivity index (χ1) is 14.3. The van der Waals surface area contributed by atoms with Crippen LogP contribution in [0, 0.1) is 0 Å². The minimum absolute atomic E-state index is 0.299. The largest absolute Gasteiger partial charge is 0.496 e. The molecular formula is C24H19N3O2. The quantitative estimate of drug-likeness (QED) is 0.403. The maximum absolute atomic E-state index is 12.9. The van der Waals surface area contributed by atoms with E-state index < -0.39 is 0 Å². The van der Waals surface area contributed by atoms with Gasteiger partial charge in [0.05, 0.1) is 30.1 Å². The first-order valence-corrected chi connectivity index (χ1v) is 9.18. The van der Waals surface area contributed by atoms with Crippen molar-refractivity contribution >= 4 is 23.0 Å². The van der Waals surface area contributed by atoms with Gasteiger partial charge in [0.1, 0.15) is 5.75 Å². The Bertz CT molecular complexity index is 1190. The Kier molecular flexibility index (Phi) is 5.29. The zero-order valence-corrected chi connectivity index (χ0v) is 15.9. The van der Waals surface area contributed by atoms with Crippen molar-refractivity contribution in [1.82, 2.24) is 10.4 Å². The maximum atomic E-state index is 12.9. The number of benzene rings is 3. The minimum Gasteiger partial charge on any atom is -0.496 e. The lowest BCUT2D eigenvalue weighted by molar-refractivity contribution is 0.0956. The van der Waals surface area contributed by atoms with Crippen LogP contribution in [0.5, 0.6) is 5.75 Å². The van der Waals surface area contributed by atoms with Gasteiger partial charge in [-0.2, -0.15) is 5.10 Å². The normalized spacial score (nSPS) is 10.9. The van der Waals surface area contributed by atoms with E-state index in [0.29, 0.717) is 11.3 Å². The molecule has 0 aliphatic carbocycles. The van der Waals surface area contributed by atoms with E-state index >= 15 is 0 Å². The number of fused-ring (bicyclic) bond motifs is 1. The molecule has 29 heavy (non-hydrogen) atoms. The van der Waals surface area contributed by atoms with Gasteiger partial charge in [0.15, 0.2) is 0 Å². The molecule has 1 N–H and O–H groups in total. The number of hydrogen-bond donors (Lipinski definition) is 1. The summed E-state index contributed by atoms with van der Waals surface area (Å²) >= 11 is 0. The number of hydrazone groups is 1. The van der Waals surface area contributed by atoms with Crippen LogP contribution in [0.15, 0.2) is 90.0 Å². The number of amides is 1. The average molecular weight is 381 g/mol. The van der Waals surface area contributed by atoms with E-state index in [2.05, 4.69) is 10.5 Å². The van der Waals surface area contributed by atoms with E-state index in [0.717, 1.165) is 27.7 Å². The van der Waals surface area contributed by atoms with Gasteiger partial charge in [-0.15, -0.1) is 0 Å². The molecule has 0 unspecified atom stereocenters. The van der Waals surface area contributed by atoms with Crippen LogP contribution in [0.4, 0.5) is 0 Å². The van der Waals surface area contributed by atoms with E-state index in [1.165, 1.54) is 0 Å². The summed E-state index contributed by atoms with van der Waals surface area (Å²) in [5.74, 6) is 0.387. The second-order valence-electron chi connectivity index (χ2n) is 6.38. The molecule has 0 bridgehead atoms. The monoisotopic (exact) mass is 381 g/mol. The Morgan fingerprint density at radius 2 is 1.69 bits per heavy atom. The summed E-state index contributed by atoms with van der Waals surface area (Å²) in [6.45, 7) is 0. The Hall–Kier alpha value is -3.99. The molecule has 4 aromatic rings.